The zero-order chi connectivity index (χ0) is 11.8. The van der Waals surface area contributed by atoms with E-state index >= 15 is 0 Å². The zero-order valence-electron chi connectivity index (χ0n) is 9.07. The predicted molar refractivity (Wildman–Crippen MR) is 74.8 cm³/mol. The number of anilines is 1. The molecule has 0 aliphatic carbocycles. The lowest BCUT2D eigenvalue weighted by molar-refractivity contribution is 0.964. The maximum Gasteiger partial charge on any atom is 0.190 e. The van der Waals surface area contributed by atoms with Crippen molar-refractivity contribution in [3.8, 4) is 0 Å². The molecule has 0 unspecified atom stereocenters. The van der Waals surface area contributed by atoms with Crippen molar-refractivity contribution in [2.75, 3.05) is 29.6 Å². The first kappa shape index (κ1) is 13.7. The van der Waals surface area contributed by atoms with Crippen molar-refractivity contribution in [1.82, 2.24) is 9.97 Å². The number of thioether (sulfide) groups is 2. The quantitative estimate of drug-likeness (QED) is 0.272. The van der Waals surface area contributed by atoms with Gasteiger partial charge in [-0.1, -0.05) is 29.4 Å². The molecule has 0 fully saturated rings. The molecule has 1 aromatic heterocycles. The van der Waals surface area contributed by atoms with Crippen LogP contribution in [0, 0.1) is 0 Å². The summed E-state index contributed by atoms with van der Waals surface area (Å²) in [6, 6.07) is 1.74. The fourth-order valence-corrected chi connectivity index (χ4v) is 2.19. The smallest absolute Gasteiger partial charge is 0.190 e. The Morgan fingerprint density at radius 3 is 3.06 bits per heavy atom. The molecule has 3 nitrogen and oxygen atoms in total. The van der Waals surface area contributed by atoms with Crippen LogP contribution in [0.5, 0.6) is 0 Å². The monoisotopic (exact) mass is 275 g/mol. The van der Waals surface area contributed by atoms with Gasteiger partial charge < -0.3 is 5.32 Å². The summed E-state index contributed by atoms with van der Waals surface area (Å²) in [6.45, 7) is 4.53. The van der Waals surface area contributed by atoms with E-state index in [1.54, 1.807) is 6.07 Å². The normalized spacial score (nSPS) is 10.1. The molecule has 0 saturated heterocycles. The van der Waals surface area contributed by atoms with Crippen molar-refractivity contribution in [3.05, 3.63) is 23.9 Å². The van der Waals surface area contributed by atoms with E-state index < -0.39 is 0 Å². The van der Waals surface area contributed by atoms with Crippen LogP contribution in [-0.4, -0.2) is 34.3 Å². The molecule has 6 heteroatoms. The molecule has 0 bridgehead atoms. The Labute approximate surface area is 109 Å². The predicted octanol–water partition coefficient (Wildman–Crippen LogP) is 3.18. The third-order valence-electron chi connectivity index (χ3n) is 1.65. The Bertz CT molecular complexity index is 347. The lowest BCUT2D eigenvalue weighted by Crippen LogP contribution is -2.06. The van der Waals surface area contributed by atoms with Crippen LogP contribution in [0.15, 0.2) is 23.9 Å². The SMILES string of the molecule is C=CCSCCNc1cc(Cl)nc(SC)n1. The molecule has 1 N–H and O–H groups in total. The van der Waals surface area contributed by atoms with Crippen molar-refractivity contribution < 1.29 is 0 Å². The van der Waals surface area contributed by atoms with Crippen LogP contribution in [0.1, 0.15) is 0 Å². The van der Waals surface area contributed by atoms with Crippen molar-refractivity contribution in [1.29, 1.82) is 0 Å². The zero-order valence-corrected chi connectivity index (χ0v) is 11.5. The lowest BCUT2D eigenvalue weighted by atomic mass is 10.5. The minimum atomic E-state index is 0.473. The summed E-state index contributed by atoms with van der Waals surface area (Å²) in [4.78, 5) is 8.37. The number of nitrogens with zero attached hydrogens (tertiary/aromatic N) is 2. The molecular formula is C10H14ClN3S2. The van der Waals surface area contributed by atoms with Crippen LogP contribution in [-0.2, 0) is 0 Å². The first-order valence-electron chi connectivity index (χ1n) is 4.77. The van der Waals surface area contributed by atoms with E-state index in [1.165, 1.54) is 11.8 Å². The average Bonchev–Trinajstić information content (AvgIpc) is 2.28. The molecular weight excluding hydrogens is 262 g/mol. The summed E-state index contributed by atoms with van der Waals surface area (Å²) in [5.74, 6) is 2.77. The minimum absolute atomic E-state index is 0.473. The lowest BCUT2D eigenvalue weighted by Gasteiger charge is -2.06. The van der Waals surface area contributed by atoms with Gasteiger partial charge in [0.15, 0.2) is 5.16 Å². The Kier molecular flexibility index (Phi) is 6.68. The van der Waals surface area contributed by atoms with Gasteiger partial charge in [0.05, 0.1) is 0 Å². The molecule has 1 aromatic rings. The maximum absolute atomic E-state index is 5.87. The topological polar surface area (TPSA) is 37.8 Å². The van der Waals surface area contributed by atoms with Crippen LogP contribution in [0.25, 0.3) is 0 Å². The molecule has 0 saturated carbocycles. The Morgan fingerprint density at radius 1 is 1.56 bits per heavy atom. The summed E-state index contributed by atoms with van der Waals surface area (Å²) in [5.41, 5.74) is 0. The van der Waals surface area contributed by atoms with E-state index in [1.807, 2.05) is 24.1 Å². The highest BCUT2D eigenvalue weighted by Crippen LogP contribution is 2.17. The maximum atomic E-state index is 5.87. The van der Waals surface area contributed by atoms with Gasteiger partial charge in [-0.2, -0.15) is 11.8 Å². The van der Waals surface area contributed by atoms with Crippen molar-refractivity contribution in [2.24, 2.45) is 0 Å². The third-order valence-corrected chi connectivity index (χ3v) is 3.35. The molecule has 0 aromatic carbocycles. The molecule has 0 aliphatic heterocycles. The average molecular weight is 276 g/mol. The second kappa shape index (κ2) is 7.81. The van der Waals surface area contributed by atoms with Gasteiger partial charge in [0.1, 0.15) is 11.0 Å². The second-order valence-electron chi connectivity index (χ2n) is 2.85. The number of nitrogens with one attached hydrogen (secondary N) is 1. The van der Waals surface area contributed by atoms with E-state index in [-0.39, 0.29) is 0 Å². The number of aromatic nitrogens is 2. The van der Waals surface area contributed by atoms with Gasteiger partial charge in [-0.05, 0) is 6.26 Å². The van der Waals surface area contributed by atoms with E-state index in [0.717, 1.165) is 23.9 Å². The highest BCUT2D eigenvalue weighted by molar-refractivity contribution is 7.99. The van der Waals surface area contributed by atoms with E-state index in [0.29, 0.717) is 10.3 Å². The van der Waals surface area contributed by atoms with E-state index in [4.69, 9.17) is 11.6 Å². The minimum Gasteiger partial charge on any atom is -0.369 e. The molecule has 0 radical (unpaired) electrons. The van der Waals surface area contributed by atoms with Crippen LogP contribution in [0.4, 0.5) is 5.82 Å². The highest BCUT2D eigenvalue weighted by Gasteiger charge is 2.01. The summed E-state index contributed by atoms with van der Waals surface area (Å²) in [6.07, 6.45) is 3.83. The van der Waals surface area contributed by atoms with Crippen molar-refractivity contribution in [2.45, 2.75) is 5.16 Å². The van der Waals surface area contributed by atoms with Crippen molar-refractivity contribution >= 4 is 40.9 Å². The number of rotatable bonds is 7. The van der Waals surface area contributed by atoms with Crippen LogP contribution >= 0.6 is 35.1 Å². The largest absolute Gasteiger partial charge is 0.369 e. The molecule has 0 amide bonds. The summed E-state index contributed by atoms with van der Waals surface area (Å²) in [5, 5.41) is 4.38. The Hall–Kier alpha value is -0.390. The fraction of sp³-hybridized carbons (Fsp3) is 0.400. The number of hydrogen-bond acceptors (Lipinski definition) is 5. The first-order chi connectivity index (χ1) is 7.76. The van der Waals surface area contributed by atoms with Gasteiger partial charge in [-0.3, -0.25) is 0 Å². The van der Waals surface area contributed by atoms with Gasteiger partial charge in [0.2, 0.25) is 0 Å². The molecule has 1 rings (SSSR count). The summed E-state index contributed by atoms with van der Waals surface area (Å²) in [7, 11) is 0. The van der Waals surface area contributed by atoms with Crippen molar-refractivity contribution in [3.63, 3.8) is 0 Å². The van der Waals surface area contributed by atoms with Gasteiger partial charge in [0.25, 0.3) is 0 Å². The Balaban J connectivity index is 2.41. The summed E-state index contributed by atoms with van der Waals surface area (Å²) >= 11 is 9.17. The van der Waals surface area contributed by atoms with Gasteiger partial charge in [0, 0.05) is 24.1 Å². The van der Waals surface area contributed by atoms with Crippen LogP contribution < -0.4 is 5.32 Å². The summed E-state index contributed by atoms with van der Waals surface area (Å²) < 4.78 is 0. The van der Waals surface area contributed by atoms with Gasteiger partial charge >= 0.3 is 0 Å². The number of hydrogen-bond donors (Lipinski definition) is 1. The molecule has 16 heavy (non-hydrogen) atoms. The molecule has 0 spiro atoms. The van der Waals surface area contributed by atoms with Crippen LogP contribution in [0.3, 0.4) is 0 Å². The van der Waals surface area contributed by atoms with E-state index in [2.05, 4.69) is 21.9 Å². The molecule has 1 heterocycles. The highest BCUT2D eigenvalue weighted by atomic mass is 35.5. The molecule has 0 atom stereocenters. The van der Waals surface area contributed by atoms with E-state index in [9.17, 15) is 0 Å². The van der Waals surface area contributed by atoms with Gasteiger partial charge in [-0.15, -0.1) is 6.58 Å². The van der Waals surface area contributed by atoms with Crippen LogP contribution in [0.2, 0.25) is 5.15 Å². The standard InChI is InChI=1S/C10H14ClN3S2/c1-3-5-16-6-4-12-9-7-8(11)13-10(14-9)15-2/h3,7H,1,4-6H2,2H3,(H,12,13,14). The first-order valence-corrected chi connectivity index (χ1v) is 7.53. The Morgan fingerprint density at radius 2 is 2.38 bits per heavy atom. The van der Waals surface area contributed by atoms with Gasteiger partial charge in [-0.25, -0.2) is 9.97 Å². The molecule has 88 valence electrons. The fourth-order valence-electron chi connectivity index (χ4n) is 0.997. The molecule has 0 aliphatic rings. The third kappa shape index (κ3) is 5.09. The number of halogens is 1. The second-order valence-corrected chi connectivity index (χ2v) is 5.16.